The fraction of sp³-hybridized carbons (Fsp3) is 0.300. The molecule has 0 radical (unpaired) electrons. The zero-order valence-electron chi connectivity index (χ0n) is 6.98. The summed E-state index contributed by atoms with van der Waals surface area (Å²) < 4.78 is 0. The molecule has 0 aliphatic carbocycles. The van der Waals surface area contributed by atoms with E-state index in [2.05, 4.69) is 12.4 Å². The molecule has 64 valence electrons. The molecular formula is C10H13NO. The summed E-state index contributed by atoms with van der Waals surface area (Å²) in [5.74, 6) is 0. The third-order valence-electron chi connectivity index (χ3n) is 1.78. The van der Waals surface area contributed by atoms with Gasteiger partial charge in [0.25, 0.3) is 0 Å². The van der Waals surface area contributed by atoms with Crippen LogP contribution in [0.15, 0.2) is 30.3 Å². The van der Waals surface area contributed by atoms with Gasteiger partial charge >= 0.3 is 0 Å². The van der Waals surface area contributed by atoms with Gasteiger partial charge in [0.2, 0.25) is 0 Å². The van der Waals surface area contributed by atoms with Crippen LogP contribution < -0.4 is 0 Å². The number of hydrogen-bond donors (Lipinski definition) is 1. The number of rotatable bonds is 4. The third-order valence-corrected chi connectivity index (χ3v) is 1.78. The maximum Gasteiger partial charge on any atom is 0.0301 e. The molecule has 1 unspecified atom stereocenters. The summed E-state index contributed by atoms with van der Waals surface area (Å²) in [5, 5.41) is 12.7. The van der Waals surface area contributed by atoms with E-state index in [1.165, 1.54) is 5.56 Å². The number of nitrogens with zero attached hydrogens (tertiary/aromatic N) is 1. The average Bonchev–Trinajstić information content (AvgIpc) is 2.16. The van der Waals surface area contributed by atoms with Gasteiger partial charge in [-0.3, -0.25) is 0 Å². The van der Waals surface area contributed by atoms with Crippen molar-refractivity contribution in [2.45, 2.75) is 12.5 Å². The minimum Gasteiger partial charge on any atom is -0.453 e. The van der Waals surface area contributed by atoms with Gasteiger partial charge in [0.05, 0.1) is 0 Å². The summed E-state index contributed by atoms with van der Waals surface area (Å²) in [6, 6.07) is 9.91. The highest BCUT2D eigenvalue weighted by atomic mass is 16.3. The number of aliphatic hydroxyl groups is 1. The SMILES string of the molecule is [CH2+][N-]C(CO)Cc1ccccc1. The zero-order chi connectivity index (χ0) is 8.81. The second kappa shape index (κ2) is 4.80. The van der Waals surface area contributed by atoms with Gasteiger partial charge < -0.3 is 10.4 Å². The van der Waals surface area contributed by atoms with Crippen LogP contribution in [0.25, 0.3) is 5.32 Å². The van der Waals surface area contributed by atoms with E-state index in [1.807, 2.05) is 30.3 Å². The quantitative estimate of drug-likeness (QED) is 0.674. The standard InChI is InChI=1S/C10H13NO/c1-11-10(8-12)7-9-5-3-2-4-6-9/h2-6,10,12H,1,7-8H2. The molecular weight excluding hydrogens is 150 g/mol. The molecule has 12 heavy (non-hydrogen) atoms. The molecule has 1 atom stereocenters. The van der Waals surface area contributed by atoms with Crippen LogP contribution in [-0.4, -0.2) is 17.8 Å². The van der Waals surface area contributed by atoms with Gasteiger partial charge in [-0.05, 0) is 19.0 Å². The Kier molecular flexibility index (Phi) is 3.64. The fourth-order valence-corrected chi connectivity index (χ4v) is 1.07. The smallest absolute Gasteiger partial charge is 0.0301 e. The summed E-state index contributed by atoms with van der Waals surface area (Å²) in [6.07, 6.45) is 0.765. The van der Waals surface area contributed by atoms with Crippen molar-refractivity contribution in [2.24, 2.45) is 0 Å². The molecule has 1 aromatic rings. The lowest BCUT2D eigenvalue weighted by molar-refractivity contribution is 0.278. The molecule has 0 bridgehead atoms. The molecule has 0 saturated carbocycles. The van der Waals surface area contributed by atoms with Crippen molar-refractivity contribution in [1.82, 2.24) is 0 Å². The monoisotopic (exact) mass is 163 g/mol. The van der Waals surface area contributed by atoms with Gasteiger partial charge in [-0.15, -0.1) is 0 Å². The molecule has 2 nitrogen and oxygen atoms in total. The van der Waals surface area contributed by atoms with Gasteiger partial charge in [-0.25, -0.2) is 0 Å². The molecule has 0 aromatic heterocycles. The van der Waals surface area contributed by atoms with Crippen molar-refractivity contribution in [1.29, 1.82) is 0 Å². The Morgan fingerprint density at radius 3 is 2.50 bits per heavy atom. The van der Waals surface area contributed by atoms with Gasteiger partial charge in [0.1, 0.15) is 0 Å². The van der Waals surface area contributed by atoms with Crippen molar-refractivity contribution in [3.8, 4) is 0 Å². The van der Waals surface area contributed by atoms with E-state index in [1.54, 1.807) is 0 Å². The van der Waals surface area contributed by atoms with Gasteiger partial charge in [0.15, 0.2) is 0 Å². The molecule has 1 N–H and O–H groups in total. The van der Waals surface area contributed by atoms with Crippen LogP contribution in [0.5, 0.6) is 0 Å². The van der Waals surface area contributed by atoms with Gasteiger partial charge in [-0.2, -0.15) is 0 Å². The summed E-state index contributed by atoms with van der Waals surface area (Å²) in [4.78, 5) is 0. The second-order valence-electron chi connectivity index (χ2n) is 2.71. The van der Waals surface area contributed by atoms with E-state index in [0.717, 1.165) is 6.42 Å². The Bertz CT molecular complexity index is 206. The van der Waals surface area contributed by atoms with Gasteiger partial charge in [0, 0.05) is 6.61 Å². The van der Waals surface area contributed by atoms with Crippen molar-refractivity contribution in [2.75, 3.05) is 6.61 Å². The van der Waals surface area contributed by atoms with E-state index in [0.29, 0.717) is 0 Å². The van der Waals surface area contributed by atoms with E-state index >= 15 is 0 Å². The van der Waals surface area contributed by atoms with Crippen molar-refractivity contribution >= 4 is 0 Å². The summed E-state index contributed by atoms with van der Waals surface area (Å²) >= 11 is 0. The highest BCUT2D eigenvalue weighted by Gasteiger charge is 1.98. The molecule has 2 heteroatoms. The first kappa shape index (κ1) is 9.10. The van der Waals surface area contributed by atoms with Crippen LogP contribution in [-0.2, 0) is 6.42 Å². The Balaban J connectivity index is 2.51. The second-order valence-corrected chi connectivity index (χ2v) is 2.71. The van der Waals surface area contributed by atoms with E-state index in [9.17, 15) is 0 Å². The first-order valence-electron chi connectivity index (χ1n) is 3.97. The number of hydrogen-bond acceptors (Lipinski definition) is 1. The number of aliphatic hydroxyl groups excluding tert-OH is 1. The largest absolute Gasteiger partial charge is 0.453 e. The molecule has 0 heterocycles. The van der Waals surface area contributed by atoms with Gasteiger partial charge in [-0.1, -0.05) is 36.4 Å². The predicted octanol–water partition coefficient (Wildman–Crippen LogP) is 1.76. The Labute approximate surface area is 73.2 Å². The highest BCUT2D eigenvalue weighted by Crippen LogP contribution is 2.07. The highest BCUT2D eigenvalue weighted by molar-refractivity contribution is 5.17. The third kappa shape index (κ3) is 2.57. The average molecular weight is 163 g/mol. The molecule has 0 spiro atoms. The van der Waals surface area contributed by atoms with Crippen LogP contribution in [0.3, 0.4) is 0 Å². The fourth-order valence-electron chi connectivity index (χ4n) is 1.07. The van der Waals surface area contributed by atoms with Crippen molar-refractivity contribution in [3.05, 3.63) is 48.3 Å². The molecule has 0 aliphatic heterocycles. The maximum absolute atomic E-state index is 8.85. The first-order chi connectivity index (χ1) is 5.86. The summed E-state index contributed by atoms with van der Waals surface area (Å²) in [7, 11) is 3.42. The summed E-state index contributed by atoms with van der Waals surface area (Å²) in [5.41, 5.74) is 1.18. The Hall–Kier alpha value is -0.990. The molecule has 0 amide bonds. The molecule has 0 saturated heterocycles. The Morgan fingerprint density at radius 2 is 2.00 bits per heavy atom. The van der Waals surface area contributed by atoms with Crippen LogP contribution >= 0.6 is 0 Å². The molecule has 0 aliphatic rings. The first-order valence-corrected chi connectivity index (χ1v) is 3.97. The summed E-state index contributed by atoms with van der Waals surface area (Å²) in [6.45, 7) is 0.0679. The molecule has 0 fully saturated rings. The van der Waals surface area contributed by atoms with Crippen LogP contribution in [0.1, 0.15) is 5.56 Å². The topological polar surface area (TPSA) is 34.3 Å². The minimum absolute atomic E-state index is 0.0626. The van der Waals surface area contributed by atoms with Crippen LogP contribution in [0.2, 0.25) is 0 Å². The van der Waals surface area contributed by atoms with E-state index < -0.39 is 0 Å². The number of benzene rings is 1. The lowest BCUT2D eigenvalue weighted by Gasteiger charge is -2.18. The molecule has 1 aromatic carbocycles. The van der Waals surface area contributed by atoms with Crippen LogP contribution in [0.4, 0.5) is 0 Å². The lowest BCUT2D eigenvalue weighted by Crippen LogP contribution is -2.13. The predicted molar refractivity (Wildman–Crippen MR) is 49.7 cm³/mol. The zero-order valence-corrected chi connectivity index (χ0v) is 6.98. The lowest BCUT2D eigenvalue weighted by atomic mass is 10.1. The van der Waals surface area contributed by atoms with E-state index in [4.69, 9.17) is 5.11 Å². The Morgan fingerprint density at radius 1 is 1.33 bits per heavy atom. The minimum atomic E-state index is -0.0626. The van der Waals surface area contributed by atoms with E-state index in [-0.39, 0.29) is 12.6 Å². The van der Waals surface area contributed by atoms with Crippen LogP contribution in [0, 0.1) is 7.05 Å². The molecule has 1 rings (SSSR count). The maximum atomic E-state index is 8.85. The van der Waals surface area contributed by atoms with Crippen molar-refractivity contribution < 1.29 is 5.11 Å². The normalized spacial score (nSPS) is 12.8. The van der Waals surface area contributed by atoms with Crippen molar-refractivity contribution in [3.63, 3.8) is 0 Å².